The normalized spacial score (nSPS) is 31.4. The Morgan fingerprint density at radius 2 is 1.79 bits per heavy atom. The van der Waals surface area contributed by atoms with E-state index in [1.807, 2.05) is 0 Å². The zero-order valence-corrected chi connectivity index (χ0v) is 12.4. The third-order valence-corrected chi connectivity index (χ3v) is 4.77. The molecule has 19 heavy (non-hydrogen) atoms. The Balaban J connectivity index is 1.55. The first-order valence-corrected chi connectivity index (χ1v) is 8.03. The number of hydrogen-bond donors (Lipinski definition) is 1. The van der Waals surface area contributed by atoms with Crippen LogP contribution in [0.25, 0.3) is 0 Å². The highest BCUT2D eigenvalue weighted by molar-refractivity contribution is 5.29. The molecule has 1 N–H and O–H groups in total. The molecule has 2 unspecified atom stereocenters. The number of nitrogens with one attached hydrogen (secondary N) is 1. The van der Waals surface area contributed by atoms with Crippen LogP contribution >= 0.6 is 0 Å². The molecule has 1 aromatic rings. The molecule has 1 nitrogen and oxygen atoms in total. The second kappa shape index (κ2) is 5.66. The maximum Gasteiger partial charge on any atom is 0.0208 e. The van der Waals surface area contributed by atoms with Crippen LogP contribution in [-0.2, 0) is 6.54 Å². The van der Waals surface area contributed by atoms with Gasteiger partial charge in [-0.2, -0.15) is 0 Å². The average Bonchev–Trinajstić information content (AvgIpc) is 3.20. The minimum absolute atomic E-state index is 0.725. The van der Waals surface area contributed by atoms with Crippen LogP contribution in [0.5, 0.6) is 0 Å². The van der Waals surface area contributed by atoms with E-state index in [9.17, 15) is 0 Å². The molecule has 1 heteroatoms. The van der Waals surface area contributed by atoms with Crippen molar-refractivity contribution in [3.05, 3.63) is 35.4 Å². The number of rotatable bonds is 4. The van der Waals surface area contributed by atoms with Crippen molar-refractivity contribution < 1.29 is 0 Å². The summed E-state index contributed by atoms with van der Waals surface area (Å²) in [6, 6.07) is 9.95. The molecule has 2 aliphatic rings. The molecule has 104 valence electrons. The number of hydrogen-bond acceptors (Lipinski definition) is 1. The van der Waals surface area contributed by atoms with E-state index in [2.05, 4.69) is 43.4 Å². The van der Waals surface area contributed by atoms with E-state index in [-0.39, 0.29) is 0 Å². The molecule has 0 spiro atoms. The lowest BCUT2D eigenvalue weighted by atomic mass is 9.80. The Labute approximate surface area is 117 Å². The van der Waals surface area contributed by atoms with Crippen LogP contribution in [-0.4, -0.2) is 6.04 Å². The highest BCUT2D eigenvalue weighted by atomic mass is 14.9. The van der Waals surface area contributed by atoms with Gasteiger partial charge in [0.05, 0.1) is 0 Å². The molecule has 0 bridgehead atoms. The maximum absolute atomic E-state index is 3.79. The van der Waals surface area contributed by atoms with Gasteiger partial charge >= 0.3 is 0 Å². The van der Waals surface area contributed by atoms with E-state index >= 15 is 0 Å². The van der Waals surface area contributed by atoms with Crippen LogP contribution in [0.3, 0.4) is 0 Å². The van der Waals surface area contributed by atoms with Crippen LogP contribution in [0.2, 0.25) is 0 Å². The second-order valence-electron chi connectivity index (χ2n) is 7.01. The molecule has 3 rings (SSSR count). The third-order valence-electron chi connectivity index (χ3n) is 4.77. The Morgan fingerprint density at radius 1 is 1.05 bits per heavy atom. The number of benzene rings is 1. The van der Waals surface area contributed by atoms with Crippen molar-refractivity contribution in [3.8, 4) is 0 Å². The Morgan fingerprint density at radius 3 is 2.47 bits per heavy atom. The topological polar surface area (TPSA) is 12.0 Å². The monoisotopic (exact) mass is 257 g/mol. The van der Waals surface area contributed by atoms with Gasteiger partial charge in [0.1, 0.15) is 0 Å². The standard InChI is InChI=1S/C18H27N/c1-13-8-14(2)10-18(9-13)19-12-15-4-3-5-17(11-15)16-6-7-16/h3-5,11,13-14,16,18-19H,6-10,12H2,1-2H3. The predicted octanol–water partition coefficient (Wildman–Crippen LogP) is 4.48. The molecular weight excluding hydrogens is 230 g/mol. The lowest BCUT2D eigenvalue weighted by Crippen LogP contribution is -2.35. The Bertz CT molecular complexity index is 411. The maximum atomic E-state index is 3.79. The second-order valence-corrected chi connectivity index (χ2v) is 7.01. The third kappa shape index (κ3) is 3.60. The van der Waals surface area contributed by atoms with Crippen LogP contribution in [0, 0.1) is 11.8 Å². The van der Waals surface area contributed by atoms with E-state index in [0.717, 1.165) is 30.3 Å². The van der Waals surface area contributed by atoms with E-state index < -0.39 is 0 Å². The van der Waals surface area contributed by atoms with Gasteiger partial charge in [-0.1, -0.05) is 38.1 Å². The van der Waals surface area contributed by atoms with Crippen molar-refractivity contribution in [3.63, 3.8) is 0 Å². The van der Waals surface area contributed by atoms with Gasteiger partial charge in [-0.05, 0) is 61.0 Å². The van der Waals surface area contributed by atoms with Crippen molar-refractivity contribution in [1.82, 2.24) is 5.32 Å². The zero-order chi connectivity index (χ0) is 13.2. The minimum Gasteiger partial charge on any atom is -0.310 e. The van der Waals surface area contributed by atoms with E-state index in [0.29, 0.717) is 0 Å². The fourth-order valence-corrected chi connectivity index (χ4v) is 3.75. The van der Waals surface area contributed by atoms with Crippen molar-refractivity contribution in [1.29, 1.82) is 0 Å². The van der Waals surface area contributed by atoms with Crippen molar-refractivity contribution in [2.24, 2.45) is 11.8 Å². The molecule has 1 aromatic carbocycles. The quantitative estimate of drug-likeness (QED) is 0.838. The van der Waals surface area contributed by atoms with E-state index in [1.54, 1.807) is 5.56 Å². The molecule has 0 amide bonds. The van der Waals surface area contributed by atoms with Crippen LogP contribution in [0.4, 0.5) is 0 Å². The average molecular weight is 257 g/mol. The SMILES string of the molecule is CC1CC(C)CC(NCc2cccc(C3CC3)c2)C1. The molecule has 0 heterocycles. The minimum atomic E-state index is 0.725. The van der Waals surface area contributed by atoms with Gasteiger partial charge < -0.3 is 5.32 Å². The van der Waals surface area contributed by atoms with Gasteiger partial charge in [0.25, 0.3) is 0 Å². The van der Waals surface area contributed by atoms with Gasteiger partial charge in [0, 0.05) is 12.6 Å². The molecular formula is C18H27N. The van der Waals surface area contributed by atoms with Crippen molar-refractivity contribution in [2.75, 3.05) is 0 Å². The molecule has 2 fully saturated rings. The van der Waals surface area contributed by atoms with Gasteiger partial charge in [0.15, 0.2) is 0 Å². The predicted molar refractivity (Wildman–Crippen MR) is 81.2 cm³/mol. The van der Waals surface area contributed by atoms with Gasteiger partial charge in [0.2, 0.25) is 0 Å². The van der Waals surface area contributed by atoms with Crippen molar-refractivity contribution in [2.45, 2.75) is 64.5 Å². The summed E-state index contributed by atoms with van der Waals surface area (Å²) in [5.74, 6) is 2.65. The highest BCUT2D eigenvalue weighted by Crippen LogP contribution is 2.40. The summed E-state index contributed by atoms with van der Waals surface area (Å²) >= 11 is 0. The summed E-state index contributed by atoms with van der Waals surface area (Å²) < 4.78 is 0. The molecule has 0 aromatic heterocycles. The lowest BCUT2D eigenvalue weighted by Gasteiger charge is -2.32. The molecule has 0 aliphatic heterocycles. The summed E-state index contributed by atoms with van der Waals surface area (Å²) in [4.78, 5) is 0. The van der Waals surface area contributed by atoms with Gasteiger partial charge in [-0.15, -0.1) is 0 Å². The molecule has 2 aliphatic carbocycles. The van der Waals surface area contributed by atoms with Crippen LogP contribution in [0.1, 0.15) is 63.0 Å². The Kier molecular flexibility index (Phi) is 3.93. The molecule has 2 atom stereocenters. The van der Waals surface area contributed by atoms with Crippen LogP contribution in [0.15, 0.2) is 24.3 Å². The van der Waals surface area contributed by atoms with E-state index in [1.165, 1.54) is 37.7 Å². The fraction of sp³-hybridized carbons (Fsp3) is 0.667. The smallest absolute Gasteiger partial charge is 0.0208 e. The lowest BCUT2D eigenvalue weighted by molar-refractivity contribution is 0.238. The summed E-state index contributed by atoms with van der Waals surface area (Å²) in [5, 5.41) is 3.79. The van der Waals surface area contributed by atoms with Gasteiger partial charge in [-0.3, -0.25) is 0 Å². The first kappa shape index (κ1) is 13.2. The largest absolute Gasteiger partial charge is 0.310 e. The summed E-state index contributed by atoms with van der Waals surface area (Å²) in [6.45, 7) is 5.85. The summed E-state index contributed by atoms with van der Waals surface area (Å²) in [7, 11) is 0. The van der Waals surface area contributed by atoms with Crippen LogP contribution < -0.4 is 5.32 Å². The summed E-state index contributed by atoms with van der Waals surface area (Å²) in [6.07, 6.45) is 6.91. The first-order chi connectivity index (χ1) is 9.20. The molecule has 0 radical (unpaired) electrons. The molecule has 2 saturated carbocycles. The summed E-state index contributed by atoms with van der Waals surface area (Å²) in [5.41, 5.74) is 3.03. The first-order valence-electron chi connectivity index (χ1n) is 8.03. The van der Waals surface area contributed by atoms with Gasteiger partial charge in [-0.25, -0.2) is 0 Å². The zero-order valence-electron chi connectivity index (χ0n) is 12.4. The Hall–Kier alpha value is -0.820. The molecule has 0 saturated heterocycles. The highest BCUT2D eigenvalue weighted by Gasteiger charge is 2.24. The van der Waals surface area contributed by atoms with Crippen molar-refractivity contribution >= 4 is 0 Å². The van der Waals surface area contributed by atoms with E-state index in [4.69, 9.17) is 0 Å². The fourth-order valence-electron chi connectivity index (χ4n) is 3.75.